The Labute approximate surface area is 214 Å². The first kappa shape index (κ1) is 28.4. The summed E-state index contributed by atoms with van der Waals surface area (Å²) in [7, 11) is 0. The number of esters is 1. The summed E-state index contributed by atoms with van der Waals surface area (Å²) in [5, 5.41) is 7.10. The van der Waals surface area contributed by atoms with E-state index in [0.717, 1.165) is 31.7 Å². The summed E-state index contributed by atoms with van der Waals surface area (Å²) >= 11 is 0. The predicted molar refractivity (Wildman–Crippen MR) is 132 cm³/mol. The number of rotatable bonds is 9. The quantitative estimate of drug-likeness (QED) is 0.416. The maximum Gasteiger partial charge on any atom is 0.417 e. The number of ketones is 1. The summed E-state index contributed by atoms with van der Waals surface area (Å²) in [5.41, 5.74) is -1.46. The normalized spacial score (nSPS) is 15.4. The minimum absolute atomic E-state index is 0.0556. The highest BCUT2D eigenvalue weighted by Gasteiger charge is 2.35. The van der Waals surface area contributed by atoms with Crippen molar-refractivity contribution in [3.05, 3.63) is 41.6 Å². The molecule has 1 fully saturated rings. The highest BCUT2D eigenvalue weighted by molar-refractivity contribution is 5.94. The number of aromatic nitrogens is 2. The summed E-state index contributed by atoms with van der Waals surface area (Å²) in [6.45, 7) is 6.82. The van der Waals surface area contributed by atoms with Crippen LogP contribution in [-0.4, -0.2) is 39.1 Å². The third kappa shape index (κ3) is 7.66. The molecule has 0 unspecified atom stereocenters. The zero-order valence-corrected chi connectivity index (χ0v) is 21.7. The van der Waals surface area contributed by atoms with Gasteiger partial charge in [0.2, 0.25) is 0 Å². The number of alkyl halides is 3. The third-order valence-corrected chi connectivity index (χ3v) is 6.18. The highest BCUT2D eigenvalue weighted by Crippen LogP contribution is 2.40. The molecule has 37 heavy (non-hydrogen) atoms. The van der Waals surface area contributed by atoms with Gasteiger partial charge < -0.3 is 10.1 Å². The smallest absolute Gasteiger partial charge is 0.417 e. The molecule has 0 bridgehead atoms. The first-order valence-electron chi connectivity index (χ1n) is 12.6. The molecular weight excluding hydrogens is 487 g/mol. The number of hydrogen-bond donors (Lipinski definition) is 1. The Kier molecular flexibility index (Phi) is 8.81. The Bertz CT molecular complexity index is 1130. The van der Waals surface area contributed by atoms with Gasteiger partial charge in [0.15, 0.2) is 5.69 Å². The molecule has 0 aliphatic heterocycles. The van der Waals surface area contributed by atoms with Crippen LogP contribution in [0, 0.1) is 0 Å². The molecule has 202 valence electrons. The molecule has 3 rings (SSSR count). The lowest BCUT2D eigenvalue weighted by Crippen LogP contribution is -2.39. The maximum atomic E-state index is 13.8. The number of benzene rings is 1. The van der Waals surface area contributed by atoms with E-state index in [1.54, 1.807) is 27.7 Å². The first-order valence-corrected chi connectivity index (χ1v) is 12.6. The van der Waals surface area contributed by atoms with E-state index in [1.807, 2.05) is 0 Å². The van der Waals surface area contributed by atoms with Crippen LogP contribution in [0.4, 0.5) is 13.2 Å². The molecule has 0 saturated heterocycles. The first-order chi connectivity index (χ1) is 17.3. The molecule has 7 nitrogen and oxygen atoms in total. The van der Waals surface area contributed by atoms with Gasteiger partial charge in [-0.3, -0.25) is 19.1 Å². The predicted octanol–water partition coefficient (Wildman–Crippen LogP) is 5.88. The van der Waals surface area contributed by atoms with Crippen molar-refractivity contribution in [2.75, 3.05) is 0 Å². The fourth-order valence-corrected chi connectivity index (χ4v) is 4.52. The summed E-state index contributed by atoms with van der Waals surface area (Å²) in [6, 6.07) is 5.61. The molecule has 0 spiro atoms. The fraction of sp³-hybridized carbons (Fsp3) is 0.556. The number of hydrogen-bond acceptors (Lipinski definition) is 5. The Morgan fingerprint density at radius 1 is 1.11 bits per heavy atom. The van der Waals surface area contributed by atoms with Crippen molar-refractivity contribution in [2.24, 2.45) is 0 Å². The van der Waals surface area contributed by atoms with Crippen molar-refractivity contribution >= 4 is 17.7 Å². The Hall–Kier alpha value is -3.17. The number of carbonyl (C=O) groups is 3. The molecule has 1 aromatic carbocycles. The van der Waals surface area contributed by atoms with Crippen LogP contribution in [0.25, 0.3) is 11.3 Å². The SMILES string of the molecule is CCC(=O)C[C@@H](CC(=O)OC(C)(C)C)NC(=O)c1cc(-c2ccccc2C(F)(F)F)n(C2CCCC2)n1. The van der Waals surface area contributed by atoms with Crippen LogP contribution in [-0.2, 0) is 20.5 Å². The van der Waals surface area contributed by atoms with E-state index in [1.165, 1.54) is 28.9 Å². The Balaban J connectivity index is 1.94. The van der Waals surface area contributed by atoms with E-state index >= 15 is 0 Å². The molecule has 1 aliphatic carbocycles. The summed E-state index contributed by atoms with van der Waals surface area (Å²) in [6.07, 6.45) is -1.31. The number of carbonyl (C=O) groups excluding carboxylic acids is 3. The van der Waals surface area contributed by atoms with Crippen molar-refractivity contribution in [3.8, 4) is 11.3 Å². The fourth-order valence-electron chi connectivity index (χ4n) is 4.52. The van der Waals surface area contributed by atoms with E-state index < -0.39 is 35.3 Å². The van der Waals surface area contributed by atoms with Gasteiger partial charge in [0.1, 0.15) is 11.4 Å². The molecule has 0 radical (unpaired) electrons. The van der Waals surface area contributed by atoms with Crippen molar-refractivity contribution in [3.63, 3.8) is 0 Å². The third-order valence-electron chi connectivity index (χ3n) is 6.18. The molecule has 1 amide bonds. The second kappa shape index (κ2) is 11.5. The monoisotopic (exact) mass is 521 g/mol. The lowest BCUT2D eigenvalue weighted by Gasteiger charge is -2.22. The minimum Gasteiger partial charge on any atom is -0.460 e. The topological polar surface area (TPSA) is 90.3 Å². The second-order valence-electron chi connectivity index (χ2n) is 10.4. The Morgan fingerprint density at radius 3 is 2.35 bits per heavy atom. The van der Waals surface area contributed by atoms with Gasteiger partial charge in [-0.15, -0.1) is 0 Å². The molecule has 1 N–H and O–H groups in total. The van der Waals surface area contributed by atoms with E-state index in [0.29, 0.717) is 0 Å². The van der Waals surface area contributed by atoms with Crippen molar-refractivity contribution in [2.45, 2.75) is 96.5 Å². The largest absolute Gasteiger partial charge is 0.460 e. The van der Waals surface area contributed by atoms with E-state index in [-0.39, 0.29) is 48.0 Å². The van der Waals surface area contributed by atoms with Crippen LogP contribution in [0.2, 0.25) is 0 Å². The number of nitrogens with one attached hydrogen (secondary N) is 1. The maximum absolute atomic E-state index is 13.8. The lowest BCUT2D eigenvalue weighted by atomic mass is 10.0. The van der Waals surface area contributed by atoms with E-state index in [4.69, 9.17) is 4.74 Å². The zero-order chi connectivity index (χ0) is 27.4. The number of amides is 1. The van der Waals surface area contributed by atoms with Gasteiger partial charge in [-0.05, 0) is 45.7 Å². The highest BCUT2D eigenvalue weighted by atomic mass is 19.4. The molecule has 1 saturated carbocycles. The van der Waals surface area contributed by atoms with Crippen LogP contribution in [0.15, 0.2) is 30.3 Å². The van der Waals surface area contributed by atoms with Crippen molar-refractivity contribution < 1.29 is 32.3 Å². The number of halogens is 3. The molecule has 1 aromatic heterocycles. The number of ether oxygens (including phenoxy) is 1. The van der Waals surface area contributed by atoms with Crippen LogP contribution in [0.5, 0.6) is 0 Å². The molecule has 10 heteroatoms. The van der Waals surface area contributed by atoms with Gasteiger partial charge in [0.25, 0.3) is 5.91 Å². The van der Waals surface area contributed by atoms with Gasteiger partial charge >= 0.3 is 12.1 Å². The van der Waals surface area contributed by atoms with Crippen LogP contribution in [0.3, 0.4) is 0 Å². The second-order valence-corrected chi connectivity index (χ2v) is 10.4. The molecule has 1 heterocycles. The summed E-state index contributed by atoms with van der Waals surface area (Å²) in [5.74, 6) is -1.39. The number of nitrogens with zero attached hydrogens (tertiary/aromatic N) is 2. The van der Waals surface area contributed by atoms with Gasteiger partial charge in [-0.1, -0.05) is 38.0 Å². The van der Waals surface area contributed by atoms with Crippen molar-refractivity contribution in [1.29, 1.82) is 0 Å². The van der Waals surface area contributed by atoms with E-state index in [2.05, 4.69) is 10.4 Å². The average molecular weight is 522 g/mol. The summed E-state index contributed by atoms with van der Waals surface area (Å²) < 4.78 is 48.2. The Morgan fingerprint density at radius 2 is 1.76 bits per heavy atom. The number of Topliss-reactive ketones (excluding diaryl/α,β-unsaturated/α-hetero) is 1. The molecular formula is C27H34F3N3O4. The van der Waals surface area contributed by atoms with Crippen LogP contribution < -0.4 is 5.32 Å². The standard InChI is InChI=1S/C27H34F3N3O4/c1-5-19(34)14-17(15-24(35)37-26(2,3)4)31-25(36)22-16-23(33(32-22)18-10-6-7-11-18)20-12-8-9-13-21(20)27(28,29)30/h8-9,12-13,16-18H,5-7,10-11,14-15H2,1-4H3,(H,31,36)/t17-/m0/s1. The lowest BCUT2D eigenvalue weighted by molar-refractivity contribution is -0.155. The van der Waals surface area contributed by atoms with E-state index in [9.17, 15) is 27.6 Å². The molecule has 1 aliphatic rings. The molecule has 2 aromatic rings. The zero-order valence-electron chi connectivity index (χ0n) is 21.7. The van der Waals surface area contributed by atoms with Gasteiger partial charge in [-0.2, -0.15) is 18.3 Å². The van der Waals surface area contributed by atoms with Gasteiger partial charge in [0.05, 0.1) is 23.7 Å². The van der Waals surface area contributed by atoms with Gasteiger partial charge in [0, 0.05) is 24.4 Å². The molecule has 1 atom stereocenters. The van der Waals surface area contributed by atoms with Crippen LogP contribution in [0.1, 0.15) is 94.7 Å². The van der Waals surface area contributed by atoms with Gasteiger partial charge in [-0.25, -0.2) is 0 Å². The van der Waals surface area contributed by atoms with Crippen molar-refractivity contribution in [1.82, 2.24) is 15.1 Å². The minimum atomic E-state index is -4.58. The average Bonchev–Trinajstić information content (AvgIpc) is 3.47. The summed E-state index contributed by atoms with van der Waals surface area (Å²) in [4.78, 5) is 37.7. The van der Waals surface area contributed by atoms with Crippen LogP contribution >= 0.6 is 0 Å².